The van der Waals surface area contributed by atoms with Gasteiger partial charge in [-0.25, -0.2) is 0 Å². The Kier molecular flexibility index (Phi) is 7.45. The highest BCUT2D eigenvalue weighted by Crippen LogP contribution is 2.19. The van der Waals surface area contributed by atoms with Crippen molar-refractivity contribution in [3.8, 4) is 0 Å². The number of ether oxygens (including phenoxy) is 1. The van der Waals surface area contributed by atoms with Crippen LogP contribution in [0.25, 0.3) is 0 Å². The Labute approximate surface area is 106 Å². The van der Waals surface area contributed by atoms with Gasteiger partial charge in [0.2, 0.25) is 0 Å². The van der Waals surface area contributed by atoms with Crippen molar-refractivity contribution in [2.45, 2.75) is 58.4 Å². The summed E-state index contributed by atoms with van der Waals surface area (Å²) < 4.78 is 5.55. The molecule has 0 saturated carbocycles. The van der Waals surface area contributed by atoms with Crippen molar-refractivity contribution in [1.82, 2.24) is 4.90 Å². The number of Topliss-reactive ketones (excluding diaryl/α,β-unsaturated/α-hetero) is 1. The fraction of sp³-hybridized carbons (Fsp3) is 0.929. The average molecular weight is 241 g/mol. The van der Waals surface area contributed by atoms with Crippen LogP contribution in [0.15, 0.2) is 0 Å². The van der Waals surface area contributed by atoms with E-state index in [1.165, 1.54) is 25.7 Å². The number of hydrogen-bond donors (Lipinski definition) is 0. The van der Waals surface area contributed by atoms with Gasteiger partial charge in [0, 0.05) is 25.6 Å². The van der Waals surface area contributed by atoms with Crippen molar-refractivity contribution in [2.24, 2.45) is 0 Å². The van der Waals surface area contributed by atoms with Gasteiger partial charge in [0.15, 0.2) is 0 Å². The van der Waals surface area contributed by atoms with E-state index < -0.39 is 0 Å². The predicted octanol–water partition coefficient (Wildman–Crippen LogP) is 2.64. The minimum Gasteiger partial charge on any atom is -0.380 e. The summed E-state index contributed by atoms with van der Waals surface area (Å²) in [7, 11) is 0. The van der Waals surface area contributed by atoms with Gasteiger partial charge in [0.25, 0.3) is 0 Å². The molecule has 1 aliphatic heterocycles. The minimum atomic E-state index is 0.316. The van der Waals surface area contributed by atoms with E-state index in [1.54, 1.807) is 6.92 Å². The van der Waals surface area contributed by atoms with Crippen LogP contribution in [0.5, 0.6) is 0 Å². The van der Waals surface area contributed by atoms with Crippen LogP contribution in [0.3, 0.4) is 0 Å². The Morgan fingerprint density at radius 3 is 2.82 bits per heavy atom. The third-order valence-electron chi connectivity index (χ3n) is 3.39. The molecule has 0 aromatic heterocycles. The first-order valence-electron chi connectivity index (χ1n) is 7.05. The van der Waals surface area contributed by atoms with E-state index in [9.17, 15) is 4.79 Å². The quantitative estimate of drug-likeness (QED) is 0.642. The summed E-state index contributed by atoms with van der Waals surface area (Å²) in [5, 5.41) is 0. The van der Waals surface area contributed by atoms with E-state index >= 15 is 0 Å². The highest BCUT2D eigenvalue weighted by Gasteiger charge is 2.21. The summed E-state index contributed by atoms with van der Waals surface area (Å²) in [6.07, 6.45) is 6.81. The zero-order valence-corrected chi connectivity index (χ0v) is 11.4. The molecule has 1 aliphatic rings. The normalized spacial score (nSPS) is 22.4. The van der Waals surface area contributed by atoms with Gasteiger partial charge < -0.3 is 4.74 Å². The largest absolute Gasteiger partial charge is 0.380 e. The molecule has 100 valence electrons. The molecule has 0 radical (unpaired) electrons. The van der Waals surface area contributed by atoms with E-state index in [-0.39, 0.29) is 0 Å². The Hall–Kier alpha value is -0.410. The zero-order chi connectivity index (χ0) is 12.5. The van der Waals surface area contributed by atoms with Crippen LogP contribution < -0.4 is 0 Å². The summed E-state index contributed by atoms with van der Waals surface area (Å²) in [6.45, 7) is 7.61. The number of nitrogens with zero attached hydrogens (tertiary/aromatic N) is 1. The van der Waals surface area contributed by atoms with Gasteiger partial charge in [-0.3, -0.25) is 9.69 Å². The molecular weight excluding hydrogens is 214 g/mol. The van der Waals surface area contributed by atoms with E-state index in [4.69, 9.17) is 4.74 Å². The topological polar surface area (TPSA) is 29.5 Å². The second kappa shape index (κ2) is 8.65. The fourth-order valence-electron chi connectivity index (χ4n) is 2.52. The molecule has 0 spiro atoms. The first-order chi connectivity index (χ1) is 8.24. The lowest BCUT2D eigenvalue weighted by Gasteiger charge is -2.29. The predicted molar refractivity (Wildman–Crippen MR) is 70.2 cm³/mol. The van der Waals surface area contributed by atoms with Crippen molar-refractivity contribution in [3.63, 3.8) is 0 Å². The second-order valence-corrected chi connectivity index (χ2v) is 5.06. The molecule has 17 heavy (non-hydrogen) atoms. The molecule has 3 nitrogen and oxygen atoms in total. The smallest absolute Gasteiger partial charge is 0.131 e. The monoisotopic (exact) mass is 241 g/mol. The third-order valence-corrected chi connectivity index (χ3v) is 3.39. The molecule has 0 aromatic carbocycles. The molecule has 1 heterocycles. The minimum absolute atomic E-state index is 0.316. The lowest BCUT2D eigenvalue weighted by molar-refractivity contribution is -0.118. The molecule has 1 fully saturated rings. The first kappa shape index (κ1) is 14.7. The van der Waals surface area contributed by atoms with Crippen molar-refractivity contribution in [1.29, 1.82) is 0 Å². The average Bonchev–Trinajstić information content (AvgIpc) is 2.50. The van der Waals surface area contributed by atoms with Crippen molar-refractivity contribution >= 4 is 5.78 Å². The van der Waals surface area contributed by atoms with Crippen LogP contribution in [-0.2, 0) is 9.53 Å². The van der Waals surface area contributed by atoms with Gasteiger partial charge in [0.05, 0.1) is 6.61 Å². The Morgan fingerprint density at radius 2 is 2.12 bits per heavy atom. The molecule has 0 amide bonds. The van der Waals surface area contributed by atoms with Crippen molar-refractivity contribution in [3.05, 3.63) is 0 Å². The lowest BCUT2D eigenvalue weighted by Crippen LogP contribution is -2.38. The molecule has 1 atom stereocenters. The van der Waals surface area contributed by atoms with Crippen LogP contribution in [0.2, 0.25) is 0 Å². The molecule has 1 unspecified atom stereocenters. The number of hydrogen-bond acceptors (Lipinski definition) is 3. The molecule has 1 saturated heterocycles. The fourth-order valence-corrected chi connectivity index (χ4v) is 2.52. The number of carbonyl (C=O) groups excluding carboxylic acids is 1. The molecule has 3 heteroatoms. The van der Waals surface area contributed by atoms with Crippen molar-refractivity contribution in [2.75, 3.05) is 26.3 Å². The van der Waals surface area contributed by atoms with Gasteiger partial charge in [-0.1, -0.05) is 19.8 Å². The van der Waals surface area contributed by atoms with Crippen molar-refractivity contribution < 1.29 is 9.53 Å². The summed E-state index contributed by atoms with van der Waals surface area (Å²) in [5.41, 5.74) is 0. The Balaban J connectivity index is 2.35. The number of ketones is 1. The maximum absolute atomic E-state index is 11.3. The second-order valence-electron chi connectivity index (χ2n) is 5.06. The molecule has 0 aliphatic carbocycles. The Bertz CT molecular complexity index is 218. The van der Waals surface area contributed by atoms with Crippen LogP contribution >= 0.6 is 0 Å². The maximum atomic E-state index is 11.3. The number of carbonyl (C=O) groups is 1. The third kappa shape index (κ3) is 6.18. The Morgan fingerprint density at radius 1 is 1.29 bits per heavy atom. The molecule has 1 rings (SSSR count). The summed E-state index contributed by atoms with van der Waals surface area (Å²) in [4.78, 5) is 13.8. The SMILES string of the molecule is CCCOCCN1CCCCCC1CC(C)=O. The van der Waals surface area contributed by atoms with Crippen LogP contribution in [0.1, 0.15) is 52.4 Å². The maximum Gasteiger partial charge on any atom is 0.131 e. The van der Waals surface area contributed by atoms with Crippen LogP contribution in [0.4, 0.5) is 0 Å². The highest BCUT2D eigenvalue weighted by molar-refractivity contribution is 5.76. The van der Waals surface area contributed by atoms with E-state index in [0.717, 1.165) is 32.7 Å². The first-order valence-corrected chi connectivity index (χ1v) is 7.05. The van der Waals surface area contributed by atoms with Gasteiger partial charge in [-0.2, -0.15) is 0 Å². The van der Waals surface area contributed by atoms with Gasteiger partial charge in [-0.15, -0.1) is 0 Å². The number of rotatable bonds is 7. The van der Waals surface area contributed by atoms with E-state index in [0.29, 0.717) is 18.2 Å². The van der Waals surface area contributed by atoms with E-state index in [1.807, 2.05) is 0 Å². The molecule has 0 N–H and O–H groups in total. The van der Waals surface area contributed by atoms with Gasteiger partial charge >= 0.3 is 0 Å². The molecule has 0 bridgehead atoms. The van der Waals surface area contributed by atoms with Gasteiger partial charge in [0.1, 0.15) is 5.78 Å². The van der Waals surface area contributed by atoms with Crippen LogP contribution in [-0.4, -0.2) is 43.0 Å². The molecular formula is C14H27NO2. The molecule has 0 aromatic rings. The lowest BCUT2D eigenvalue weighted by atomic mass is 10.0. The van der Waals surface area contributed by atoms with Crippen LogP contribution in [0, 0.1) is 0 Å². The standard InChI is InChI=1S/C14H27NO2/c1-3-10-17-11-9-15-8-6-4-5-7-14(15)12-13(2)16/h14H,3-12H2,1-2H3. The van der Waals surface area contributed by atoms with E-state index in [2.05, 4.69) is 11.8 Å². The zero-order valence-electron chi connectivity index (χ0n) is 11.4. The highest BCUT2D eigenvalue weighted by atomic mass is 16.5. The summed E-state index contributed by atoms with van der Waals surface area (Å²) in [5.74, 6) is 0.316. The summed E-state index contributed by atoms with van der Waals surface area (Å²) in [6, 6.07) is 0.459. The van der Waals surface area contributed by atoms with Gasteiger partial charge in [-0.05, 0) is 32.7 Å². The number of likely N-dealkylation sites (tertiary alicyclic amines) is 1. The summed E-state index contributed by atoms with van der Waals surface area (Å²) >= 11 is 0.